The third-order valence-corrected chi connectivity index (χ3v) is 3.30. The summed E-state index contributed by atoms with van der Waals surface area (Å²) in [6, 6.07) is -0.142. The molecule has 1 amide bonds. The third kappa shape index (κ3) is 2.52. The number of amides is 1. The lowest BCUT2D eigenvalue weighted by Crippen LogP contribution is -2.29. The zero-order valence-electron chi connectivity index (χ0n) is 12.2. The lowest BCUT2D eigenvalue weighted by atomic mass is 10.1. The molecular weight excluding hydrogens is 256 g/mol. The van der Waals surface area contributed by atoms with Crippen molar-refractivity contribution in [3.63, 3.8) is 0 Å². The van der Waals surface area contributed by atoms with Gasteiger partial charge >= 0.3 is 0 Å². The van der Waals surface area contributed by atoms with E-state index in [-0.39, 0.29) is 11.9 Å². The van der Waals surface area contributed by atoms with Crippen LogP contribution in [0.4, 0.5) is 5.69 Å². The van der Waals surface area contributed by atoms with Crippen molar-refractivity contribution in [3.05, 3.63) is 29.3 Å². The van der Waals surface area contributed by atoms with Crippen LogP contribution in [0.2, 0.25) is 0 Å². The third-order valence-electron chi connectivity index (χ3n) is 3.30. The highest BCUT2D eigenvalue weighted by molar-refractivity contribution is 5.97. The standard InChI is InChI=1S/C13H20N6O/c1-5-19-7-10(9(3)17-19)8(2)16-13(20)12-11(14)6-15-18(12)4/h6-8H,5,14H2,1-4H3,(H,16,20). The Balaban J connectivity index is 2.17. The zero-order chi connectivity index (χ0) is 14.9. The molecule has 0 radical (unpaired) electrons. The van der Waals surface area contributed by atoms with Gasteiger partial charge in [-0.2, -0.15) is 10.2 Å². The molecule has 0 fully saturated rings. The molecule has 0 spiro atoms. The first-order chi connectivity index (χ1) is 9.43. The summed E-state index contributed by atoms with van der Waals surface area (Å²) >= 11 is 0. The molecule has 0 saturated carbocycles. The van der Waals surface area contributed by atoms with Gasteiger partial charge in [-0.25, -0.2) is 0 Å². The predicted octanol–water partition coefficient (Wildman–Crippen LogP) is 1.02. The van der Waals surface area contributed by atoms with Crippen molar-refractivity contribution in [1.29, 1.82) is 0 Å². The predicted molar refractivity (Wildman–Crippen MR) is 76.1 cm³/mol. The van der Waals surface area contributed by atoms with E-state index in [2.05, 4.69) is 15.5 Å². The minimum Gasteiger partial charge on any atom is -0.396 e. The number of nitrogens with two attached hydrogens (primary N) is 1. The normalized spacial score (nSPS) is 12.4. The van der Waals surface area contributed by atoms with Gasteiger partial charge in [0.15, 0.2) is 0 Å². The van der Waals surface area contributed by atoms with Gasteiger partial charge in [0.2, 0.25) is 0 Å². The second kappa shape index (κ2) is 5.36. The molecule has 3 N–H and O–H groups in total. The largest absolute Gasteiger partial charge is 0.396 e. The Labute approximate surface area is 117 Å². The van der Waals surface area contributed by atoms with Crippen LogP contribution in [-0.4, -0.2) is 25.5 Å². The minimum absolute atomic E-state index is 0.142. The van der Waals surface area contributed by atoms with Crippen LogP contribution >= 0.6 is 0 Å². The van der Waals surface area contributed by atoms with Crippen LogP contribution in [0.15, 0.2) is 12.4 Å². The molecule has 7 nitrogen and oxygen atoms in total. The van der Waals surface area contributed by atoms with E-state index in [9.17, 15) is 4.79 Å². The Kier molecular flexibility index (Phi) is 3.78. The van der Waals surface area contributed by atoms with Crippen molar-refractivity contribution < 1.29 is 4.79 Å². The van der Waals surface area contributed by atoms with E-state index >= 15 is 0 Å². The van der Waals surface area contributed by atoms with Crippen molar-refractivity contribution in [2.45, 2.75) is 33.4 Å². The Morgan fingerprint density at radius 2 is 2.25 bits per heavy atom. The number of nitrogens with one attached hydrogen (secondary N) is 1. The second-order valence-electron chi connectivity index (χ2n) is 4.79. The SMILES string of the molecule is CCn1cc(C(C)NC(=O)c2c(N)cnn2C)c(C)n1. The quantitative estimate of drug-likeness (QED) is 0.872. The Morgan fingerprint density at radius 3 is 2.75 bits per heavy atom. The molecule has 0 aliphatic heterocycles. The van der Waals surface area contributed by atoms with Crippen LogP contribution in [0.1, 0.15) is 41.6 Å². The molecule has 1 atom stereocenters. The highest BCUT2D eigenvalue weighted by Crippen LogP contribution is 2.18. The van der Waals surface area contributed by atoms with Crippen LogP contribution in [0.25, 0.3) is 0 Å². The molecule has 1 unspecified atom stereocenters. The first-order valence-electron chi connectivity index (χ1n) is 6.56. The van der Waals surface area contributed by atoms with E-state index in [1.165, 1.54) is 10.9 Å². The van der Waals surface area contributed by atoms with Crippen LogP contribution in [-0.2, 0) is 13.6 Å². The average Bonchev–Trinajstić information content (AvgIpc) is 2.92. The molecule has 2 rings (SSSR count). The number of aromatic nitrogens is 4. The fourth-order valence-corrected chi connectivity index (χ4v) is 2.20. The van der Waals surface area contributed by atoms with Crippen LogP contribution in [0.3, 0.4) is 0 Å². The van der Waals surface area contributed by atoms with E-state index in [0.717, 1.165) is 17.8 Å². The van der Waals surface area contributed by atoms with E-state index < -0.39 is 0 Å². The highest BCUT2D eigenvalue weighted by atomic mass is 16.2. The van der Waals surface area contributed by atoms with Crippen molar-refractivity contribution >= 4 is 11.6 Å². The summed E-state index contributed by atoms with van der Waals surface area (Å²) in [6.07, 6.45) is 3.42. The van der Waals surface area contributed by atoms with E-state index in [1.807, 2.05) is 31.6 Å². The molecule has 0 aromatic carbocycles. The molecule has 2 aromatic rings. The number of aryl methyl sites for hydroxylation is 3. The van der Waals surface area contributed by atoms with Gasteiger partial charge in [0.25, 0.3) is 5.91 Å². The number of anilines is 1. The van der Waals surface area contributed by atoms with Crippen molar-refractivity contribution in [1.82, 2.24) is 24.9 Å². The average molecular weight is 276 g/mol. The number of hydrogen-bond acceptors (Lipinski definition) is 4. The molecule has 108 valence electrons. The first kappa shape index (κ1) is 14.1. The van der Waals surface area contributed by atoms with Crippen LogP contribution < -0.4 is 11.1 Å². The van der Waals surface area contributed by atoms with Gasteiger partial charge in [-0.05, 0) is 20.8 Å². The Bertz CT molecular complexity index is 607. The van der Waals surface area contributed by atoms with Gasteiger partial charge in [-0.15, -0.1) is 0 Å². The maximum Gasteiger partial charge on any atom is 0.272 e. The summed E-state index contributed by atoms with van der Waals surface area (Å²) in [4.78, 5) is 12.2. The summed E-state index contributed by atoms with van der Waals surface area (Å²) in [6.45, 7) is 6.68. The summed E-state index contributed by atoms with van der Waals surface area (Å²) in [7, 11) is 1.69. The lowest BCUT2D eigenvalue weighted by Gasteiger charge is -2.13. The summed E-state index contributed by atoms with van der Waals surface area (Å²) in [5.41, 5.74) is 8.41. The zero-order valence-corrected chi connectivity index (χ0v) is 12.2. The van der Waals surface area contributed by atoms with Gasteiger partial charge in [0.05, 0.1) is 23.6 Å². The van der Waals surface area contributed by atoms with E-state index in [4.69, 9.17) is 5.73 Å². The smallest absolute Gasteiger partial charge is 0.272 e. The fourth-order valence-electron chi connectivity index (χ4n) is 2.20. The lowest BCUT2D eigenvalue weighted by molar-refractivity contribution is 0.0931. The Morgan fingerprint density at radius 1 is 1.55 bits per heavy atom. The number of hydrogen-bond donors (Lipinski definition) is 2. The van der Waals surface area contributed by atoms with Gasteiger partial charge in [0, 0.05) is 25.4 Å². The van der Waals surface area contributed by atoms with E-state index in [1.54, 1.807) is 7.05 Å². The number of nitrogen functional groups attached to an aromatic ring is 1. The van der Waals surface area contributed by atoms with Gasteiger partial charge in [-0.1, -0.05) is 0 Å². The van der Waals surface area contributed by atoms with Crippen molar-refractivity contribution in [3.8, 4) is 0 Å². The molecule has 0 bridgehead atoms. The van der Waals surface area contributed by atoms with E-state index in [0.29, 0.717) is 11.4 Å². The molecule has 20 heavy (non-hydrogen) atoms. The van der Waals surface area contributed by atoms with Crippen LogP contribution in [0, 0.1) is 6.92 Å². The molecule has 0 saturated heterocycles. The second-order valence-corrected chi connectivity index (χ2v) is 4.79. The van der Waals surface area contributed by atoms with Crippen molar-refractivity contribution in [2.24, 2.45) is 7.05 Å². The highest BCUT2D eigenvalue weighted by Gasteiger charge is 2.19. The van der Waals surface area contributed by atoms with Gasteiger partial charge < -0.3 is 11.1 Å². The number of carbonyl (C=O) groups excluding carboxylic acids is 1. The summed E-state index contributed by atoms with van der Waals surface area (Å²) in [5.74, 6) is -0.237. The van der Waals surface area contributed by atoms with Crippen LogP contribution in [0.5, 0.6) is 0 Å². The topological polar surface area (TPSA) is 90.8 Å². The maximum atomic E-state index is 12.2. The molecular formula is C13H20N6O. The maximum absolute atomic E-state index is 12.2. The minimum atomic E-state index is -0.237. The summed E-state index contributed by atoms with van der Waals surface area (Å²) < 4.78 is 3.32. The van der Waals surface area contributed by atoms with Gasteiger partial charge in [-0.3, -0.25) is 14.2 Å². The monoisotopic (exact) mass is 276 g/mol. The molecule has 0 aliphatic rings. The fraction of sp³-hybridized carbons (Fsp3) is 0.462. The molecule has 0 aliphatic carbocycles. The molecule has 2 aromatic heterocycles. The Hall–Kier alpha value is -2.31. The molecule has 2 heterocycles. The number of carbonyl (C=O) groups is 1. The van der Waals surface area contributed by atoms with Crippen molar-refractivity contribution in [2.75, 3.05) is 5.73 Å². The molecule has 7 heteroatoms. The van der Waals surface area contributed by atoms with Gasteiger partial charge in [0.1, 0.15) is 5.69 Å². The number of nitrogens with zero attached hydrogens (tertiary/aromatic N) is 4. The summed E-state index contributed by atoms with van der Waals surface area (Å²) in [5, 5.41) is 11.3. The number of rotatable bonds is 4. The first-order valence-corrected chi connectivity index (χ1v) is 6.56.